The second kappa shape index (κ2) is 4.01. The highest BCUT2D eigenvalue weighted by Gasteiger charge is 2.27. The summed E-state index contributed by atoms with van der Waals surface area (Å²) in [6.07, 6.45) is 0. The Bertz CT molecular complexity index is 463. The number of benzene rings is 1. The Balaban J connectivity index is 2.41. The molecule has 3 nitrogen and oxygen atoms in total. The summed E-state index contributed by atoms with van der Waals surface area (Å²) in [6, 6.07) is 6.91. The predicted octanol–water partition coefficient (Wildman–Crippen LogP) is 2.60. The number of nitrogens with zero attached hydrogens (tertiary/aromatic N) is 2. The minimum Gasteiger partial charge on any atom is -0.273 e. The minimum absolute atomic E-state index is 0.0212. The molecule has 0 spiro atoms. The first-order valence-corrected chi connectivity index (χ1v) is 5.59. The van der Waals surface area contributed by atoms with Crippen LogP contribution in [0.5, 0.6) is 0 Å². The number of anilines is 1. The van der Waals surface area contributed by atoms with Crippen LogP contribution in [-0.2, 0) is 4.79 Å². The molecule has 0 aliphatic carbocycles. The van der Waals surface area contributed by atoms with Gasteiger partial charge < -0.3 is 0 Å². The van der Waals surface area contributed by atoms with E-state index in [9.17, 15) is 4.79 Å². The van der Waals surface area contributed by atoms with E-state index < -0.39 is 0 Å². The van der Waals surface area contributed by atoms with Crippen molar-refractivity contribution in [3.63, 3.8) is 0 Å². The van der Waals surface area contributed by atoms with E-state index in [2.05, 4.69) is 4.85 Å². The van der Waals surface area contributed by atoms with Gasteiger partial charge in [0.25, 0.3) is 0 Å². The molecular formula is C10H6N2OS2. The summed E-state index contributed by atoms with van der Waals surface area (Å²) in [4.78, 5) is 16.3. The molecule has 1 amide bonds. The van der Waals surface area contributed by atoms with Gasteiger partial charge in [0.05, 0.1) is 12.3 Å². The van der Waals surface area contributed by atoms with Gasteiger partial charge in [0.2, 0.25) is 5.91 Å². The topological polar surface area (TPSA) is 24.7 Å². The maximum Gasteiger partial charge on any atom is 0.242 e. The fourth-order valence-electron chi connectivity index (χ4n) is 1.31. The highest BCUT2D eigenvalue weighted by molar-refractivity contribution is 8.24. The average molecular weight is 234 g/mol. The Morgan fingerprint density at radius 1 is 1.53 bits per heavy atom. The second-order valence-electron chi connectivity index (χ2n) is 2.92. The molecule has 74 valence electrons. The van der Waals surface area contributed by atoms with E-state index in [0.29, 0.717) is 21.4 Å². The quantitative estimate of drug-likeness (QED) is 0.551. The van der Waals surface area contributed by atoms with E-state index in [-0.39, 0.29) is 5.91 Å². The first-order chi connectivity index (χ1) is 7.22. The molecule has 1 aromatic carbocycles. The van der Waals surface area contributed by atoms with E-state index in [0.717, 1.165) is 0 Å². The molecule has 1 heterocycles. The molecule has 0 atom stereocenters. The van der Waals surface area contributed by atoms with Crippen molar-refractivity contribution in [2.75, 3.05) is 10.7 Å². The summed E-state index contributed by atoms with van der Waals surface area (Å²) in [7, 11) is 0. The van der Waals surface area contributed by atoms with Crippen molar-refractivity contribution in [1.29, 1.82) is 0 Å². The number of amides is 1. The molecule has 15 heavy (non-hydrogen) atoms. The van der Waals surface area contributed by atoms with E-state index in [4.69, 9.17) is 18.8 Å². The Morgan fingerprint density at radius 3 is 2.93 bits per heavy atom. The summed E-state index contributed by atoms with van der Waals surface area (Å²) in [5, 5.41) is 0. The third-order valence-corrected chi connectivity index (χ3v) is 3.33. The molecule has 1 fully saturated rings. The SMILES string of the molecule is [C-]#[N+]c1cccc(N2C(=O)CSC2=S)c1. The van der Waals surface area contributed by atoms with Gasteiger partial charge in [-0.1, -0.05) is 36.1 Å². The van der Waals surface area contributed by atoms with Crippen LogP contribution in [0.2, 0.25) is 0 Å². The number of carbonyl (C=O) groups is 1. The molecule has 1 saturated heterocycles. The largest absolute Gasteiger partial charge is 0.273 e. The Morgan fingerprint density at radius 2 is 2.33 bits per heavy atom. The van der Waals surface area contributed by atoms with Crippen LogP contribution in [0.25, 0.3) is 4.85 Å². The van der Waals surface area contributed by atoms with Crippen LogP contribution in [-0.4, -0.2) is 16.0 Å². The van der Waals surface area contributed by atoms with Crippen LogP contribution in [0.3, 0.4) is 0 Å². The van der Waals surface area contributed by atoms with Gasteiger partial charge in [-0.15, -0.1) is 0 Å². The summed E-state index contributed by atoms with van der Waals surface area (Å²) in [6.45, 7) is 6.90. The third kappa shape index (κ3) is 1.87. The number of rotatable bonds is 1. The maximum absolute atomic E-state index is 11.5. The molecule has 0 aromatic heterocycles. The lowest BCUT2D eigenvalue weighted by molar-refractivity contribution is -0.115. The van der Waals surface area contributed by atoms with Crippen LogP contribution >= 0.6 is 24.0 Å². The molecule has 1 aliphatic heterocycles. The molecule has 0 radical (unpaired) electrons. The molecule has 0 bridgehead atoms. The monoisotopic (exact) mass is 234 g/mol. The number of hydrogen-bond acceptors (Lipinski definition) is 3. The molecule has 0 saturated carbocycles. The Labute approximate surface area is 96.9 Å². The first-order valence-electron chi connectivity index (χ1n) is 4.19. The minimum atomic E-state index is -0.0212. The van der Waals surface area contributed by atoms with Gasteiger partial charge in [-0.2, -0.15) is 0 Å². The molecule has 2 rings (SSSR count). The molecule has 0 unspecified atom stereocenters. The van der Waals surface area contributed by atoms with Crippen molar-refractivity contribution in [1.82, 2.24) is 0 Å². The lowest BCUT2D eigenvalue weighted by atomic mass is 10.2. The normalized spacial score (nSPS) is 15.5. The highest BCUT2D eigenvalue weighted by Crippen LogP contribution is 2.29. The lowest BCUT2D eigenvalue weighted by Crippen LogP contribution is -2.27. The summed E-state index contributed by atoms with van der Waals surface area (Å²) in [5.41, 5.74) is 1.20. The zero-order valence-corrected chi connectivity index (χ0v) is 9.27. The van der Waals surface area contributed by atoms with E-state index in [1.165, 1.54) is 16.7 Å². The summed E-state index contributed by atoms with van der Waals surface area (Å²) < 4.78 is 0.558. The molecule has 0 N–H and O–H groups in total. The number of carbonyl (C=O) groups excluding carboxylic acids is 1. The summed E-state index contributed by atoms with van der Waals surface area (Å²) in [5.74, 6) is 0.369. The standard InChI is InChI=1S/C10H6N2OS2/c1-11-7-3-2-4-8(5-7)12-9(13)6-15-10(12)14/h2-5H,6H2. The van der Waals surface area contributed by atoms with Crippen molar-refractivity contribution >= 4 is 45.6 Å². The number of thiocarbonyl (C=S) groups is 1. The summed E-state index contributed by atoms with van der Waals surface area (Å²) >= 11 is 6.42. The smallest absolute Gasteiger partial charge is 0.242 e. The van der Waals surface area contributed by atoms with Crippen molar-refractivity contribution in [2.45, 2.75) is 0 Å². The zero-order valence-electron chi connectivity index (χ0n) is 7.64. The van der Waals surface area contributed by atoms with Crippen LogP contribution in [0, 0.1) is 6.57 Å². The van der Waals surface area contributed by atoms with E-state index in [1.807, 2.05) is 0 Å². The predicted molar refractivity (Wildman–Crippen MR) is 65.2 cm³/mol. The van der Waals surface area contributed by atoms with Gasteiger partial charge in [0, 0.05) is 5.69 Å². The van der Waals surface area contributed by atoms with Crippen LogP contribution < -0.4 is 4.90 Å². The van der Waals surface area contributed by atoms with Gasteiger partial charge in [-0.05, 0) is 12.1 Å². The van der Waals surface area contributed by atoms with Crippen LogP contribution in [0.4, 0.5) is 11.4 Å². The van der Waals surface area contributed by atoms with Crippen LogP contribution in [0.1, 0.15) is 0 Å². The second-order valence-corrected chi connectivity index (χ2v) is 4.52. The molecule has 1 aliphatic rings. The van der Waals surface area contributed by atoms with Crippen molar-refractivity contribution in [3.8, 4) is 0 Å². The molecule has 5 heteroatoms. The third-order valence-electron chi connectivity index (χ3n) is 1.97. The zero-order chi connectivity index (χ0) is 10.8. The van der Waals surface area contributed by atoms with Gasteiger partial charge in [0.15, 0.2) is 5.69 Å². The molecule has 1 aromatic rings. The number of hydrogen-bond donors (Lipinski definition) is 0. The fraction of sp³-hybridized carbons (Fsp3) is 0.100. The van der Waals surface area contributed by atoms with Gasteiger partial charge in [-0.3, -0.25) is 9.69 Å². The highest BCUT2D eigenvalue weighted by atomic mass is 32.2. The van der Waals surface area contributed by atoms with Gasteiger partial charge >= 0.3 is 0 Å². The lowest BCUT2D eigenvalue weighted by Gasteiger charge is -2.14. The van der Waals surface area contributed by atoms with Crippen molar-refractivity contribution in [2.24, 2.45) is 0 Å². The Kier molecular flexibility index (Phi) is 2.71. The molecular weight excluding hydrogens is 228 g/mol. The Hall–Kier alpha value is -1.38. The van der Waals surface area contributed by atoms with E-state index >= 15 is 0 Å². The van der Waals surface area contributed by atoms with E-state index in [1.54, 1.807) is 24.3 Å². The van der Waals surface area contributed by atoms with Crippen LogP contribution in [0.15, 0.2) is 24.3 Å². The van der Waals surface area contributed by atoms with Crippen molar-refractivity contribution in [3.05, 3.63) is 35.7 Å². The van der Waals surface area contributed by atoms with Crippen molar-refractivity contribution < 1.29 is 4.79 Å². The average Bonchev–Trinajstić information content (AvgIpc) is 2.59. The fourth-order valence-corrected chi connectivity index (χ4v) is 2.40. The maximum atomic E-state index is 11.5. The number of thioether (sulfide) groups is 1. The van der Waals surface area contributed by atoms with Gasteiger partial charge in [0.1, 0.15) is 4.32 Å². The van der Waals surface area contributed by atoms with Gasteiger partial charge in [-0.25, -0.2) is 4.85 Å². The first kappa shape index (κ1) is 10.1.